The number of hydrogen-bond donors (Lipinski definition) is 0. The molecule has 1 nitrogen and oxygen atoms in total. The highest BCUT2D eigenvalue weighted by atomic mass is 16.1. The summed E-state index contributed by atoms with van der Waals surface area (Å²) in [6.45, 7) is 2.14. The number of unbranched alkanes of at least 4 members (excludes halogenated alkanes) is 5. The van der Waals surface area contributed by atoms with E-state index in [-0.39, 0.29) is 0 Å². The van der Waals surface area contributed by atoms with Crippen LogP contribution in [-0.4, -0.2) is 6.29 Å². The van der Waals surface area contributed by atoms with Crippen molar-refractivity contribution in [2.45, 2.75) is 58.3 Å². The van der Waals surface area contributed by atoms with Crippen LogP contribution < -0.4 is 0 Å². The first kappa shape index (κ1) is 15.9. The molecule has 0 aromatic heterocycles. The van der Waals surface area contributed by atoms with Crippen molar-refractivity contribution in [2.24, 2.45) is 0 Å². The number of aldehydes is 1. The predicted octanol–water partition coefficient (Wildman–Crippen LogP) is 4.99. The lowest BCUT2D eigenvalue weighted by molar-refractivity contribution is -0.107. The van der Waals surface area contributed by atoms with E-state index in [2.05, 4.69) is 43.4 Å². The highest BCUT2D eigenvalue weighted by molar-refractivity contribution is 5.48. The highest BCUT2D eigenvalue weighted by Gasteiger charge is 1.84. The summed E-state index contributed by atoms with van der Waals surface area (Å²) in [5, 5.41) is 0. The topological polar surface area (TPSA) is 17.1 Å². The first-order valence-electron chi connectivity index (χ1n) is 6.82. The number of allylic oxidation sites excluding steroid dienone is 6. The Hall–Kier alpha value is -1.11. The molecule has 17 heavy (non-hydrogen) atoms. The van der Waals surface area contributed by atoms with E-state index in [1.165, 1.54) is 6.42 Å². The highest BCUT2D eigenvalue weighted by Crippen LogP contribution is 2.02. The van der Waals surface area contributed by atoms with Crippen molar-refractivity contribution in [3.05, 3.63) is 36.5 Å². The molecule has 0 fully saturated rings. The Morgan fingerprint density at radius 1 is 0.706 bits per heavy atom. The Kier molecular flexibility index (Phi) is 13.9. The van der Waals surface area contributed by atoms with E-state index in [0.29, 0.717) is 6.42 Å². The molecule has 0 radical (unpaired) electrons. The van der Waals surface area contributed by atoms with Gasteiger partial charge in [-0.15, -0.1) is 0 Å². The second-order valence-electron chi connectivity index (χ2n) is 4.12. The van der Waals surface area contributed by atoms with E-state index in [0.717, 1.165) is 44.8 Å². The zero-order chi connectivity index (χ0) is 12.6. The molecular weight excluding hydrogens is 208 g/mol. The first-order valence-corrected chi connectivity index (χ1v) is 6.82. The van der Waals surface area contributed by atoms with E-state index < -0.39 is 0 Å². The number of carbonyl (C=O) groups is 1. The van der Waals surface area contributed by atoms with Crippen molar-refractivity contribution in [1.82, 2.24) is 0 Å². The molecule has 0 atom stereocenters. The summed E-state index contributed by atoms with van der Waals surface area (Å²) in [6, 6.07) is 0. The van der Waals surface area contributed by atoms with Crippen molar-refractivity contribution < 1.29 is 4.79 Å². The van der Waals surface area contributed by atoms with Crippen LogP contribution in [0.15, 0.2) is 36.5 Å². The van der Waals surface area contributed by atoms with Gasteiger partial charge in [-0.2, -0.15) is 0 Å². The molecule has 0 N–H and O–H groups in total. The average Bonchev–Trinajstić information content (AvgIpc) is 2.35. The van der Waals surface area contributed by atoms with Crippen molar-refractivity contribution >= 4 is 6.29 Å². The second-order valence-corrected chi connectivity index (χ2v) is 4.12. The fourth-order valence-corrected chi connectivity index (χ4v) is 1.47. The van der Waals surface area contributed by atoms with Crippen LogP contribution in [0.25, 0.3) is 0 Å². The summed E-state index contributed by atoms with van der Waals surface area (Å²) in [5.41, 5.74) is 0. The zero-order valence-corrected chi connectivity index (χ0v) is 11.1. The number of rotatable bonds is 11. The molecule has 0 bridgehead atoms. The summed E-state index contributed by atoms with van der Waals surface area (Å²) in [4.78, 5) is 10.1. The van der Waals surface area contributed by atoms with Gasteiger partial charge < -0.3 is 4.79 Å². The Balaban J connectivity index is 3.21. The largest absolute Gasteiger partial charge is 0.303 e. The van der Waals surface area contributed by atoms with Gasteiger partial charge in [-0.1, -0.05) is 43.4 Å². The van der Waals surface area contributed by atoms with E-state index in [1.807, 2.05) is 0 Å². The summed E-state index contributed by atoms with van der Waals surface area (Å²) < 4.78 is 0. The van der Waals surface area contributed by atoms with E-state index in [1.54, 1.807) is 0 Å². The molecule has 0 aliphatic rings. The SMILES string of the molecule is CC/C=C/C=C/CCC/C=C/CCCCC=O. The molecule has 0 aliphatic heterocycles. The second kappa shape index (κ2) is 14.9. The molecule has 0 aromatic rings. The molecule has 0 rings (SSSR count). The maximum Gasteiger partial charge on any atom is 0.119 e. The molecule has 96 valence electrons. The van der Waals surface area contributed by atoms with Crippen LogP contribution in [0, 0.1) is 0 Å². The molecule has 0 amide bonds. The normalized spacial score (nSPS) is 12.1. The Labute approximate surface area is 106 Å². The molecule has 0 saturated carbocycles. The molecule has 0 aliphatic carbocycles. The lowest BCUT2D eigenvalue weighted by Gasteiger charge is -1.92. The van der Waals surface area contributed by atoms with Gasteiger partial charge in [-0.25, -0.2) is 0 Å². The van der Waals surface area contributed by atoms with Crippen LogP contribution in [0.4, 0.5) is 0 Å². The maximum absolute atomic E-state index is 10.1. The van der Waals surface area contributed by atoms with Gasteiger partial charge in [0.2, 0.25) is 0 Å². The monoisotopic (exact) mass is 234 g/mol. The van der Waals surface area contributed by atoms with Gasteiger partial charge in [0.15, 0.2) is 0 Å². The van der Waals surface area contributed by atoms with Gasteiger partial charge in [-0.3, -0.25) is 0 Å². The van der Waals surface area contributed by atoms with Gasteiger partial charge in [-0.05, 0) is 44.9 Å². The fraction of sp³-hybridized carbons (Fsp3) is 0.562. The lowest BCUT2D eigenvalue weighted by Crippen LogP contribution is -1.76. The van der Waals surface area contributed by atoms with Gasteiger partial charge >= 0.3 is 0 Å². The molecule has 0 aromatic carbocycles. The Morgan fingerprint density at radius 3 is 2.00 bits per heavy atom. The minimum Gasteiger partial charge on any atom is -0.303 e. The predicted molar refractivity (Wildman–Crippen MR) is 76.1 cm³/mol. The van der Waals surface area contributed by atoms with Gasteiger partial charge in [0, 0.05) is 6.42 Å². The van der Waals surface area contributed by atoms with Crippen LogP contribution >= 0.6 is 0 Å². The third kappa shape index (κ3) is 14.9. The average molecular weight is 234 g/mol. The first-order chi connectivity index (χ1) is 8.41. The van der Waals surface area contributed by atoms with Crippen LogP contribution in [0.3, 0.4) is 0 Å². The Bertz CT molecular complexity index is 236. The van der Waals surface area contributed by atoms with Crippen molar-refractivity contribution in [3.8, 4) is 0 Å². The fourth-order valence-electron chi connectivity index (χ4n) is 1.47. The van der Waals surface area contributed by atoms with Crippen LogP contribution in [0.1, 0.15) is 58.3 Å². The van der Waals surface area contributed by atoms with Crippen molar-refractivity contribution in [2.75, 3.05) is 0 Å². The van der Waals surface area contributed by atoms with Crippen molar-refractivity contribution in [3.63, 3.8) is 0 Å². The number of hydrogen-bond acceptors (Lipinski definition) is 1. The third-order valence-electron chi connectivity index (χ3n) is 2.47. The third-order valence-corrected chi connectivity index (χ3v) is 2.47. The molecule has 1 heteroatoms. The summed E-state index contributed by atoms with van der Waals surface area (Å²) in [5.74, 6) is 0. The summed E-state index contributed by atoms with van der Waals surface area (Å²) in [6.07, 6.45) is 22.8. The van der Waals surface area contributed by atoms with Crippen LogP contribution in [0.5, 0.6) is 0 Å². The number of carbonyl (C=O) groups excluding carboxylic acids is 1. The minimum atomic E-state index is 0.712. The van der Waals surface area contributed by atoms with E-state index in [9.17, 15) is 4.79 Å². The molecule has 0 heterocycles. The van der Waals surface area contributed by atoms with Crippen LogP contribution in [-0.2, 0) is 4.79 Å². The van der Waals surface area contributed by atoms with E-state index in [4.69, 9.17) is 0 Å². The summed E-state index contributed by atoms with van der Waals surface area (Å²) in [7, 11) is 0. The smallest absolute Gasteiger partial charge is 0.119 e. The molecular formula is C16H26O. The summed E-state index contributed by atoms with van der Waals surface area (Å²) >= 11 is 0. The van der Waals surface area contributed by atoms with Crippen LogP contribution in [0.2, 0.25) is 0 Å². The molecule has 0 unspecified atom stereocenters. The Morgan fingerprint density at radius 2 is 1.29 bits per heavy atom. The minimum absolute atomic E-state index is 0.712. The quantitative estimate of drug-likeness (QED) is 0.213. The van der Waals surface area contributed by atoms with E-state index >= 15 is 0 Å². The van der Waals surface area contributed by atoms with Gasteiger partial charge in [0.1, 0.15) is 6.29 Å². The van der Waals surface area contributed by atoms with Gasteiger partial charge in [0.25, 0.3) is 0 Å². The van der Waals surface area contributed by atoms with Crippen molar-refractivity contribution in [1.29, 1.82) is 0 Å². The maximum atomic E-state index is 10.1. The molecule has 0 spiro atoms. The zero-order valence-electron chi connectivity index (χ0n) is 11.1. The molecule has 0 saturated heterocycles. The standard InChI is InChI=1S/C16H26O/c1-2-3-4-5-6-7-8-9-10-11-12-13-14-15-16-17/h3-6,10-11,16H,2,7-9,12-15H2,1H3/b4-3+,6-5+,11-10+. The lowest BCUT2D eigenvalue weighted by atomic mass is 10.1. The van der Waals surface area contributed by atoms with Gasteiger partial charge in [0.05, 0.1) is 0 Å².